The smallest absolute Gasteiger partial charge is 0.100 e. The summed E-state index contributed by atoms with van der Waals surface area (Å²) in [5.74, 6) is 0. The van der Waals surface area contributed by atoms with E-state index in [0.717, 1.165) is 10.4 Å². The van der Waals surface area contributed by atoms with Crippen LogP contribution in [0.25, 0.3) is 0 Å². The maximum absolute atomic E-state index is 10.2. The molecular weight excluding hydrogens is 196 g/mol. The molecule has 1 unspecified atom stereocenters. The largest absolute Gasteiger partial charge is 0.472 e. The van der Waals surface area contributed by atoms with E-state index in [2.05, 4.69) is 0 Å². The van der Waals surface area contributed by atoms with Gasteiger partial charge in [-0.2, -0.15) is 0 Å². The van der Waals surface area contributed by atoms with E-state index >= 15 is 0 Å². The predicted molar refractivity (Wildman–Crippen MR) is 56.3 cm³/mol. The molecule has 0 bridgehead atoms. The molecule has 0 spiro atoms. The van der Waals surface area contributed by atoms with Crippen LogP contribution in [-0.4, -0.2) is 5.11 Å². The van der Waals surface area contributed by atoms with E-state index in [0.29, 0.717) is 6.42 Å². The van der Waals surface area contributed by atoms with Gasteiger partial charge in [0.25, 0.3) is 0 Å². The van der Waals surface area contributed by atoms with Gasteiger partial charge >= 0.3 is 0 Å². The van der Waals surface area contributed by atoms with Crippen molar-refractivity contribution in [1.29, 1.82) is 0 Å². The van der Waals surface area contributed by atoms with Gasteiger partial charge in [0.05, 0.1) is 12.5 Å². The van der Waals surface area contributed by atoms with Crippen LogP contribution in [0.4, 0.5) is 0 Å². The fraction of sp³-hybridized carbons (Fsp3) is 0.273. The first-order chi connectivity index (χ1) is 6.68. The standard InChI is InChI=1S/C11H12O2S/c1-11(12,10-3-2-6-14-10)7-9-4-5-13-8-9/h2-6,8,12H,7H2,1H3. The summed E-state index contributed by atoms with van der Waals surface area (Å²) < 4.78 is 4.97. The monoisotopic (exact) mass is 208 g/mol. The van der Waals surface area contributed by atoms with Crippen molar-refractivity contribution in [2.24, 2.45) is 0 Å². The molecule has 2 heterocycles. The molecule has 2 nitrogen and oxygen atoms in total. The molecule has 0 aliphatic rings. The summed E-state index contributed by atoms with van der Waals surface area (Å²) in [5.41, 5.74) is 0.223. The summed E-state index contributed by atoms with van der Waals surface area (Å²) in [6.07, 6.45) is 3.88. The van der Waals surface area contributed by atoms with E-state index in [-0.39, 0.29) is 0 Å². The third kappa shape index (κ3) is 1.89. The van der Waals surface area contributed by atoms with Gasteiger partial charge in [-0.1, -0.05) is 6.07 Å². The molecule has 1 atom stereocenters. The summed E-state index contributed by atoms with van der Waals surface area (Å²) in [7, 11) is 0. The minimum absolute atomic E-state index is 0.587. The van der Waals surface area contributed by atoms with Gasteiger partial charge in [0.15, 0.2) is 0 Å². The topological polar surface area (TPSA) is 33.4 Å². The van der Waals surface area contributed by atoms with Crippen LogP contribution in [-0.2, 0) is 12.0 Å². The number of rotatable bonds is 3. The average molecular weight is 208 g/mol. The van der Waals surface area contributed by atoms with E-state index in [9.17, 15) is 5.11 Å². The van der Waals surface area contributed by atoms with Gasteiger partial charge < -0.3 is 9.52 Å². The molecule has 2 rings (SSSR count). The Labute approximate surface area is 86.8 Å². The molecule has 3 heteroatoms. The Bertz CT molecular complexity index is 373. The Balaban J connectivity index is 2.17. The van der Waals surface area contributed by atoms with E-state index < -0.39 is 5.60 Å². The SMILES string of the molecule is CC(O)(Cc1ccoc1)c1cccs1. The van der Waals surface area contributed by atoms with Gasteiger partial charge in [0.1, 0.15) is 5.60 Å². The maximum atomic E-state index is 10.2. The first-order valence-electron chi connectivity index (χ1n) is 4.46. The second-order valence-corrected chi connectivity index (χ2v) is 4.51. The Morgan fingerprint density at radius 1 is 1.50 bits per heavy atom. The van der Waals surface area contributed by atoms with Crippen LogP contribution >= 0.6 is 11.3 Å². The van der Waals surface area contributed by atoms with Gasteiger partial charge in [-0.15, -0.1) is 11.3 Å². The zero-order valence-corrected chi connectivity index (χ0v) is 8.75. The van der Waals surface area contributed by atoms with Crippen molar-refractivity contribution in [3.8, 4) is 0 Å². The molecule has 74 valence electrons. The molecule has 0 fully saturated rings. The van der Waals surface area contributed by atoms with E-state index in [1.54, 1.807) is 23.9 Å². The van der Waals surface area contributed by atoms with Crippen LogP contribution in [0.3, 0.4) is 0 Å². The van der Waals surface area contributed by atoms with Gasteiger partial charge in [0, 0.05) is 11.3 Å². The van der Waals surface area contributed by atoms with Crippen molar-refractivity contribution in [3.05, 3.63) is 46.5 Å². The van der Waals surface area contributed by atoms with Crippen LogP contribution in [0, 0.1) is 0 Å². The Morgan fingerprint density at radius 2 is 2.36 bits per heavy atom. The highest BCUT2D eigenvalue weighted by molar-refractivity contribution is 7.10. The lowest BCUT2D eigenvalue weighted by Crippen LogP contribution is -2.22. The van der Waals surface area contributed by atoms with Crippen molar-refractivity contribution < 1.29 is 9.52 Å². The second-order valence-electron chi connectivity index (χ2n) is 3.56. The lowest BCUT2D eigenvalue weighted by Gasteiger charge is -2.20. The highest BCUT2D eigenvalue weighted by Gasteiger charge is 2.24. The molecule has 2 aromatic rings. The predicted octanol–water partition coefficient (Wildman–Crippen LogP) is 2.79. The van der Waals surface area contributed by atoms with E-state index in [1.165, 1.54) is 0 Å². The summed E-state index contributed by atoms with van der Waals surface area (Å²) in [6.45, 7) is 1.83. The van der Waals surface area contributed by atoms with E-state index in [1.807, 2.05) is 30.5 Å². The summed E-state index contributed by atoms with van der Waals surface area (Å²) in [5, 5.41) is 12.2. The quantitative estimate of drug-likeness (QED) is 0.841. The number of thiophene rings is 1. The van der Waals surface area contributed by atoms with Gasteiger partial charge in [-0.25, -0.2) is 0 Å². The van der Waals surface area contributed by atoms with Crippen LogP contribution < -0.4 is 0 Å². The van der Waals surface area contributed by atoms with Crippen molar-refractivity contribution in [3.63, 3.8) is 0 Å². The van der Waals surface area contributed by atoms with Gasteiger partial charge in [-0.05, 0) is 30.0 Å². The second kappa shape index (κ2) is 3.59. The number of furan rings is 1. The van der Waals surface area contributed by atoms with Crippen molar-refractivity contribution >= 4 is 11.3 Å². The Morgan fingerprint density at radius 3 is 2.93 bits per heavy atom. The Kier molecular flexibility index (Phi) is 2.44. The van der Waals surface area contributed by atoms with Crippen LogP contribution in [0.2, 0.25) is 0 Å². The summed E-state index contributed by atoms with van der Waals surface area (Å²) in [6, 6.07) is 5.77. The van der Waals surface area contributed by atoms with E-state index in [4.69, 9.17) is 4.42 Å². The molecule has 2 aromatic heterocycles. The highest BCUT2D eigenvalue weighted by atomic mass is 32.1. The number of aliphatic hydroxyl groups is 1. The first-order valence-corrected chi connectivity index (χ1v) is 5.34. The highest BCUT2D eigenvalue weighted by Crippen LogP contribution is 2.28. The fourth-order valence-electron chi connectivity index (χ4n) is 1.46. The lowest BCUT2D eigenvalue weighted by atomic mass is 9.97. The molecule has 0 aliphatic heterocycles. The minimum Gasteiger partial charge on any atom is -0.472 e. The third-order valence-electron chi connectivity index (χ3n) is 2.18. The van der Waals surface area contributed by atoms with Crippen LogP contribution in [0.1, 0.15) is 17.4 Å². The molecule has 0 aliphatic carbocycles. The molecule has 0 saturated heterocycles. The molecule has 0 amide bonds. The summed E-state index contributed by atoms with van der Waals surface area (Å²) in [4.78, 5) is 0.985. The average Bonchev–Trinajstić information content (AvgIpc) is 2.71. The summed E-state index contributed by atoms with van der Waals surface area (Å²) >= 11 is 1.57. The third-order valence-corrected chi connectivity index (χ3v) is 3.30. The number of hydrogen-bond donors (Lipinski definition) is 1. The number of hydrogen-bond acceptors (Lipinski definition) is 3. The molecule has 0 radical (unpaired) electrons. The van der Waals surface area contributed by atoms with Gasteiger partial charge in [0.2, 0.25) is 0 Å². The van der Waals surface area contributed by atoms with Crippen LogP contribution in [0.15, 0.2) is 40.5 Å². The zero-order chi connectivity index (χ0) is 10.0. The lowest BCUT2D eigenvalue weighted by molar-refractivity contribution is 0.0613. The molecule has 0 saturated carbocycles. The minimum atomic E-state index is -0.794. The van der Waals surface area contributed by atoms with Crippen molar-refractivity contribution in [2.75, 3.05) is 0 Å². The van der Waals surface area contributed by atoms with Gasteiger partial charge in [-0.3, -0.25) is 0 Å². The molecular formula is C11H12O2S. The van der Waals surface area contributed by atoms with Crippen LogP contribution in [0.5, 0.6) is 0 Å². The fourth-order valence-corrected chi connectivity index (χ4v) is 2.25. The normalized spacial score (nSPS) is 15.3. The molecule has 14 heavy (non-hydrogen) atoms. The maximum Gasteiger partial charge on any atom is 0.100 e. The van der Waals surface area contributed by atoms with Crippen molar-refractivity contribution in [1.82, 2.24) is 0 Å². The molecule has 1 N–H and O–H groups in total. The zero-order valence-electron chi connectivity index (χ0n) is 7.93. The molecule has 0 aromatic carbocycles. The Hall–Kier alpha value is -1.06. The first kappa shape index (κ1) is 9.49. The van der Waals surface area contributed by atoms with Crippen molar-refractivity contribution in [2.45, 2.75) is 18.9 Å².